The van der Waals surface area contributed by atoms with Crippen molar-refractivity contribution in [2.24, 2.45) is 0 Å². The average Bonchev–Trinajstić information content (AvgIpc) is 2.36. The maximum Gasteiger partial charge on any atom is 0.247 e. The van der Waals surface area contributed by atoms with Crippen LogP contribution in [-0.4, -0.2) is 46.6 Å². The number of anilines is 1. The number of aliphatic hydroxyl groups excluding tert-OH is 1. The van der Waals surface area contributed by atoms with E-state index in [9.17, 15) is 9.90 Å². The minimum Gasteiger partial charge on any atom is -0.389 e. The zero-order valence-electron chi connectivity index (χ0n) is 11.9. The number of carbonyl (C=O) groups is 1. The number of nitrogens with zero attached hydrogens (tertiary/aromatic N) is 3. The van der Waals surface area contributed by atoms with E-state index in [1.807, 2.05) is 31.9 Å². The number of hydrogen-bond donors (Lipinski definition) is 1. The molecule has 1 amide bonds. The number of pyridine rings is 1. The third-order valence-electron chi connectivity index (χ3n) is 3.73. The lowest BCUT2D eigenvalue weighted by Gasteiger charge is -2.45. The Hall–Kier alpha value is -1.62. The van der Waals surface area contributed by atoms with Crippen molar-refractivity contribution in [1.29, 1.82) is 0 Å². The van der Waals surface area contributed by atoms with Crippen molar-refractivity contribution >= 4 is 11.7 Å². The number of hydrogen-bond acceptors (Lipinski definition) is 4. The highest BCUT2D eigenvalue weighted by Gasteiger charge is 2.41. The molecule has 1 aromatic rings. The van der Waals surface area contributed by atoms with Gasteiger partial charge in [0.15, 0.2) is 0 Å². The second kappa shape index (κ2) is 4.81. The van der Waals surface area contributed by atoms with Crippen molar-refractivity contribution in [3.05, 3.63) is 23.9 Å². The van der Waals surface area contributed by atoms with Gasteiger partial charge in [0.1, 0.15) is 11.4 Å². The van der Waals surface area contributed by atoms with Crippen LogP contribution in [0.15, 0.2) is 18.3 Å². The van der Waals surface area contributed by atoms with Crippen LogP contribution in [0.4, 0.5) is 5.82 Å². The monoisotopic (exact) mass is 263 g/mol. The van der Waals surface area contributed by atoms with E-state index >= 15 is 0 Å². The van der Waals surface area contributed by atoms with Crippen LogP contribution >= 0.6 is 0 Å². The van der Waals surface area contributed by atoms with Crippen LogP contribution < -0.4 is 4.90 Å². The van der Waals surface area contributed by atoms with Gasteiger partial charge in [-0.05, 0) is 38.5 Å². The Morgan fingerprint density at radius 2 is 2.11 bits per heavy atom. The summed E-state index contributed by atoms with van der Waals surface area (Å²) in [6, 6.07) is 3.64. The number of likely N-dealkylation sites (N-methyl/N-ethyl adjacent to an activating group) is 1. The maximum atomic E-state index is 12.3. The van der Waals surface area contributed by atoms with Gasteiger partial charge in [0, 0.05) is 26.3 Å². The van der Waals surface area contributed by atoms with Gasteiger partial charge in [-0.2, -0.15) is 0 Å². The Morgan fingerprint density at radius 3 is 2.74 bits per heavy atom. The molecular weight excluding hydrogens is 242 g/mol. The van der Waals surface area contributed by atoms with Gasteiger partial charge in [0.2, 0.25) is 5.91 Å². The topological polar surface area (TPSA) is 56.7 Å². The molecule has 1 fully saturated rings. The second-order valence-electron chi connectivity index (χ2n) is 5.56. The molecule has 5 heteroatoms. The molecule has 0 bridgehead atoms. The quantitative estimate of drug-likeness (QED) is 0.871. The molecule has 5 nitrogen and oxygen atoms in total. The molecule has 1 atom stereocenters. The van der Waals surface area contributed by atoms with Crippen molar-refractivity contribution in [3.8, 4) is 0 Å². The summed E-state index contributed by atoms with van der Waals surface area (Å²) >= 11 is 0. The number of aliphatic hydroxyl groups is 1. The van der Waals surface area contributed by atoms with Crippen molar-refractivity contribution in [2.75, 3.05) is 25.0 Å². The third-order valence-corrected chi connectivity index (χ3v) is 3.73. The summed E-state index contributed by atoms with van der Waals surface area (Å²) < 4.78 is 0. The van der Waals surface area contributed by atoms with Crippen molar-refractivity contribution in [3.63, 3.8) is 0 Å². The van der Waals surface area contributed by atoms with Gasteiger partial charge in [-0.15, -0.1) is 0 Å². The zero-order chi connectivity index (χ0) is 14.2. The lowest BCUT2D eigenvalue weighted by molar-refractivity contribution is -0.136. The number of piperazine rings is 1. The zero-order valence-corrected chi connectivity index (χ0v) is 11.9. The molecule has 1 aromatic heterocycles. The Balaban J connectivity index is 2.36. The molecule has 104 valence electrons. The first kappa shape index (κ1) is 13.8. The summed E-state index contributed by atoms with van der Waals surface area (Å²) in [5.41, 5.74) is 0.198. The molecule has 0 aliphatic carbocycles. The van der Waals surface area contributed by atoms with Crippen LogP contribution in [0.25, 0.3) is 0 Å². The van der Waals surface area contributed by atoms with E-state index in [2.05, 4.69) is 4.98 Å². The van der Waals surface area contributed by atoms with Crippen LogP contribution in [0, 0.1) is 0 Å². The Kier molecular flexibility index (Phi) is 3.49. The third kappa shape index (κ3) is 2.42. The molecule has 1 unspecified atom stereocenters. The van der Waals surface area contributed by atoms with E-state index in [4.69, 9.17) is 0 Å². The normalized spacial score (nSPS) is 20.6. The summed E-state index contributed by atoms with van der Waals surface area (Å²) in [7, 11) is 1.82. The van der Waals surface area contributed by atoms with Crippen LogP contribution in [0.2, 0.25) is 0 Å². The number of carbonyl (C=O) groups excluding carboxylic acids is 1. The van der Waals surface area contributed by atoms with Crippen LogP contribution in [-0.2, 0) is 4.79 Å². The molecule has 0 radical (unpaired) electrons. The highest BCUT2D eigenvalue weighted by molar-refractivity contribution is 5.90. The number of amides is 1. The van der Waals surface area contributed by atoms with Gasteiger partial charge < -0.3 is 14.9 Å². The maximum absolute atomic E-state index is 12.3. The fourth-order valence-corrected chi connectivity index (χ4v) is 2.46. The largest absolute Gasteiger partial charge is 0.389 e. The molecule has 1 aliphatic heterocycles. The van der Waals surface area contributed by atoms with E-state index in [1.165, 1.54) is 0 Å². The highest BCUT2D eigenvalue weighted by Crippen LogP contribution is 2.28. The molecule has 2 heterocycles. The average molecular weight is 263 g/mol. The molecule has 0 aromatic carbocycles. The van der Waals surface area contributed by atoms with Crippen LogP contribution in [0.1, 0.15) is 32.4 Å². The summed E-state index contributed by atoms with van der Waals surface area (Å²) in [4.78, 5) is 20.3. The van der Waals surface area contributed by atoms with Crippen molar-refractivity contribution < 1.29 is 9.90 Å². The first-order valence-corrected chi connectivity index (χ1v) is 6.51. The fraction of sp³-hybridized carbons (Fsp3) is 0.571. The standard InChI is InChI=1S/C14H21N3O2/c1-10(18)11-5-6-15-12(9-11)17-8-7-16(4)13(19)14(17,2)3/h5-6,9-10,18H,7-8H2,1-4H3. The summed E-state index contributed by atoms with van der Waals surface area (Å²) in [6.45, 7) is 6.96. The highest BCUT2D eigenvalue weighted by atomic mass is 16.3. The predicted molar refractivity (Wildman–Crippen MR) is 73.9 cm³/mol. The van der Waals surface area contributed by atoms with Gasteiger partial charge in [0.05, 0.1) is 6.10 Å². The molecule has 1 saturated heterocycles. The Labute approximate surface area is 113 Å². The van der Waals surface area contributed by atoms with E-state index < -0.39 is 11.6 Å². The first-order valence-electron chi connectivity index (χ1n) is 6.51. The van der Waals surface area contributed by atoms with Gasteiger partial charge in [-0.3, -0.25) is 4.79 Å². The predicted octanol–water partition coefficient (Wildman–Crippen LogP) is 1.19. The van der Waals surface area contributed by atoms with Crippen LogP contribution in [0.5, 0.6) is 0 Å². The summed E-state index contributed by atoms with van der Waals surface area (Å²) in [5.74, 6) is 0.827. The van der Waals surface area contributed by atoms with Gasteiger partial charge in [0.25, 0.3) is 0 Å². The fourth-order valence-electron chi connectivity index (χ4n) is 2.46. The summed E-state index contributed by atoms with van der Waals surface area (Å²) in [6.07, 6.45) is 1.14. The number of aromatic nitrogens is 1. The molecular formula is C14H21N3O2. The van der Waals surface area contributed by atoms with Gasteiger partial charge >= 0.3 is 0 Å². The molecule has 1 aliphatic rings. The molecule has 1 N–H and O–H groups in total. The Bertz CT molecular complexity index is 485. The molecule has 2 rings (SSSR count). The number of rotatable bonds is 2. The SMILES string of the molecule is CC(O)c1ccnc(N2CCN(C)C(=O)C2(C)C)c1. The van der Waals surface area contributed by atoms with Crippen molar-refractivity contribution in [2.45, 2.75) is 32.4 Å². The van der Waals surface area contributed by atoms with E-state index in [-0.39, 0.29) is 5.91 Å². The molecule has 19 heavy (non-hydrogen) atoms. The molecule has 0 spiro atoms. The van der Waals surface area contributed by atoms with Crippen LogP contribution in [0.3, 0.4) is 0 Å². The van der Waals surface area contributed by atoms with Crippen molar-refractivity contribution in [1.82, 2.24) is 9.88 Å². The summed E-state index contributed by atoms with van der Waals surface area (Å²) in [5, 5.41) is 9.65. The Morgan fingerprint density at radius 1 is 1.42 bits per heavy atom. The minimum absolute atomic E-state index is 0.0861. The smallest absolute Gasteiger partial charge is 0.247 e. The second-order valence-corrected chi connectivity index (χ2v) is 5.56. The first-order chi connectivity index (χ1) is 8.84. The molecule has 0 saturated carbocycles. The lowest BCUT2D eigenvalue weighted by atomic mass is 9.97. The lowest BCUT2D eigenvalue weighted by Crippen LogP contribution is -2.62. The van der Waals surface area contributed by atoms with Gasteiger partial charge in [-0.1, -0.05) is 0 Å². The van der Waals surface area contributed by atoms with E-state index in [0.29, 0.717) is 6.54 Å². The van der Waals surface area contributed by atoms with Gasteiger partial charge in [-0.25, -0.2) is 4.98 Å². The van der Waals surface area contributed by atoms with E-state index in [0.717, 1.165) is 17.9 Å². The van der Waals surface area contributed by atoms with E-state index in [1.54, 1.807) is 24.1 Å². The minimum atomic E-state index is -0.614.